The molecule has 0 saturated carbocycles. The van der Waals surface area contributed by atoms with Gasteiger partial charge in [0.2, 0.25) is 0 Å². The van der Waals surface area contributed by atoms with Crippen LogP contribution in [0.1, 0.15) is 25.0 Å². The Morgan fingerprint density at radius 2 is 0.948 bits per heavy atom. The predicted octanol–water partition coefficient (Wildman–Crippen LogP) is 16.1. The molecule has 58 heavy (non-hydrogen) atoms. The van der Waals surface area contributed by atoms with Crippen molar-refractivity contribution in [3.8, 4) is 22.3 Å². The second kappa shape index (κ2) is 13.6. The van der Waals surface area contributed by atoms with Crippen LogP contribution in [0.2, 0.25) is 0 Å². The Bertz CT molecular complexity index is 3040. The van der Waals surface area contributed by atoms with Crippen molar-refractivity contribution in [2.75, 3.05) is 9.80 Å². The molecule has 2 heterocycles. The molecule has 9 aromatic carbocycles. The number of rotatable bonds is 6. The van der Waals surface area contributed by atoms with Crippen LogP contribution in [0.3, 0.4) is 0 Å². The molecule has 11 rings (SSSR count). The summed E-state index contributed by atoms with van der Waals surface area (Å²) in [5.74, 6) is 0. The van der Waals surface area contributed by atoms with Gasteiger partial charge in [-0.1, -0.05) is 147 Å². The maximum absolute atomic E-state index is 2.49. The molecule has 0 N–H and O–H groups in total. The van der Waals surface area contributed by atoms with Crippen molar-refractivity contribution in [1.82, 2.24) is 0 Å². The molecule has 0 spiro atoms. The van der Waals surface area contributed by atoms with Gasteiger partial charge in [-0.05, 0) is 117 Å². The average molecular weight is 761 g/mol. The van der Waals surface area contributed by atoms with Crippen molar-refractivity contribution in [3.05, 3.63) is 217 Å². The van der Waals surface area contributed by atoms with Crippen LogP contribution in [0.25, 0.3) is 53.2 Å². The van der Waals surface area contributed by atoms with Gasteiger partial charge in [0.1, 0.15) is 0 Å². The highest BCUT2D eigenvalue weighted by Gasteiger charge is 2.37. The number of fused-ring (bicyclic) bond motifs is 6. The van der Waals surface area contributed by atoms with Crippen LogP contribution in [0.5, 0.6) is 0 Å². The fourth-order valence-corrected chi connectivity index (χ4v) is 10.1. The quantitative estimate of drug-likeness (QED) is 0.167. The lowest BCUT2D eigenvalue weighted by molar-refractivity contribution is 0.633. The average Bonchev–Trinajstić information content (AvgIpc) is 3.65. The molecule has 10 aromatic rings. The molecule has 0 bridgehead atoms. The summed E-state index contributed by atoms with van der Waals surface area (Å²) in [6, 6.07) is 75.5. The summed E-state index contributed by atoms with van der Waals surface area (Å²) in [6.45, 7) is 4.75. The van der Waals surface area contributed by atoms with E-state index in [1.54, 1.807) is 0 Å². The van der Waals surface area contributed by atoms with E-state index in [9.17, 15) is 0 Å². The number of nitrogens with zero attached hydrogens (tertiary/aromatic N) is 2. The largest absolute Gasteiger partial charge is 0.310 e. The number of benzene rings is 9. The molecule has 0 unspecified atom stereocenters. The SMILES string of the molecule is CC1(C)c2ccccc2N(c2ccc3cc(N(c4ccc(-c5ccccc5)cc4)c4ccc(-c5ccccc5)cc4)ccc3c2)c2cc3sc4ccccc4c3cc21. The van der Waals surface area contributed by atoms with Crippen molar-refractivity contribution < 1.29 is 0 Å². The van der Waals surface area contributed by atoms with Gasteiger partial charge in [-0.3, -0.25) is 0 Å². The second-order valence-electron chi connectivity index (χ2n) is 15.8. The van der Waals surface area contributed by atoms with Gasteiger partial charge in [-0.15, -0.1) is 11.3 Å². The van der Waals surface area contributed by atoms with Gasteiger partial charge in [0.05, 0.1) is 11.4 Å². The third kappa shape index (κ3) is 5.69. The number of thiophene rings is 1. The fraction of sp³-hybridized carbons (Fsp3) is 0.0545. The molecule has 3 heteroatoms. The van der Waals surface area contributed by atoms with Crippen molar-refractivity contribution in [1.29, 1.82) is 0 Å². The topological polar surface area (TPSA) is 6.48 Å². The summed E-state index contributed by atoms with van der Waals surface area (Å²) in [7, 11) is 0. The van der Waals surface area contributed by atoms with E-state index in [4.69, 9.17) is 0 Å². The smallest absolute Gasteiger partial charge is 0.0517 e. The van der Waals surface area contributed by atoms with Crippen LogP contribution in [0.4, 0.5) is 34.1 Å². The third-order valence-electron chi connectivity index (χ3n) is 12.0. The Labute approximate surface area is 343 Å². The van der Waals surface area contributed by atoms with E-state index >= 15 is 0 Å². The lowest BCUT2D eigenvalue weighted by Gasteiger charge is -2.42. The lowest BCUT2D eigenvalue weighted by atomic mass is 9.73. The first-order chi connectivity index (χ1) is 28.5. The molecule has 1 aromatic heterocycles. The van der Waals surface area contributed by atoms with E-state index in [0.29, 0.717) is 0 Å². The fourth-order valence-electron chi connectivity index (χ4n) is 9.01. The minimum Gasteiger partial charge on any atom is -0.310 e. The van der Waals surface area contributed by atoms with Crippen molar-refractivity contribution in [3.63, 3.8) is 0 Å². The molecule has 1 aliphatic heterocycles. The van der Waals surface area contributed by atoms with E-state index in [-0.39, 0.29) is 5.41 Å². The molecular weight excluding hydrogens is 721 g/mol. The highest BCUT2D eigenvalue weighted by Crippen LogP contribution is 2.54. The maximum atomic E-state index is 2.49. The molecular formula is C55H40N2S. The minimum atomic E-state index is -0.159. The van der Waals surface area contributed by atoms with Gasteiger partial charge >= 0.3 is 0 Å². The van der Waals surface area contributed by atoms with Gasteiger partial charge in [0.15, 0.2) is 0 Å². The van der Waals surface area contributed by atoms with Crippen LogP contribution in [-0.2, 0) is 5.41 Å². The zero-order chi connectivity index (χ0) is 38.8. The van der Waals surface area contributed by atoms with Crippen LogP contribution in [0, 0.1) is 0 Å². The summed E-state index contributed by atoms with van der Waals surface area (Å²) < 4.78 is 2.65. The van der Waals surface area contributed by atoms with E-state index in [0.717, 1.165) is 22.7 Å². The number of para-hydroxylation sites is 1. The van der Waals surface area contributed by atoms with Crippen molar-refractivity contribution in [2.45, 2.75) is 19.3 Å². The van der Waals surface area contributed by atoms with Crippen LogP contribution in [-0.4, -0.2) is 0 Å². The summed E-state index contributed by atoms with van der Waals surface area (Å²) in [6.07, 6.45) is 0. The zero-order valence-corrected chi connectivity index (χ0v) is 33.2. The number of hydrogen-bond acceptors (Lipinski definition) is 3. The number of hydrogen-bond donors (Lipinski definition) is 0. The molecule has 0 amide bonds. The number of anilines is 6. The van der Waals surface area contributed by atoms with Crippen LogP contribution in [0.15, 0.2) is 206 Å². The van der Waals surface area contributed by atoms with Crippen LogP contribution >= 0.6 is 11.3 Å². The Kier molecular flexibility index (Phi) is 8.06. The monoisotopic (exact) mass is 760 g/mol. The van der Waals surface area contributed by atoms with Crippen molar-refractivity contribution in [2.24, 2.45) is 0 Å². The summed E-state index contributed by atoms with van der Waals surface area (Å²) >= 11 is 1.88. The summed E-state index contributed by atoms with van der Waals surface area (Å²) in [4.78, 5) is 4.86. The first-order valence-corrected chi connectivity index (χ1v) is 20.8. The highest BCUT2D eigenvalue weighted by molar-refractivity contribution is 7.25. The molecule has 2 nitrogen and oxygen atoms in total. The van der Waals surface area contributed by atoms with Gasteiger partial charge in [-0.25, -0.2) is 0 Å². The standard InChI is InChI=1S/C55H40N2S/c1-55(2)49-18-10-11-19-51(49)57(52-36-54-48(35-50(52)55)47-17-9-12-20-53(47)58-54)46-32-26-41-33-45(31-25-42(41)34-46)56(43-27-21-39(22-28-43)37-13-5-3-6-14-37)44-29-23-40(24-30-44)38-15-7-4-8-16-38/h3-36H,1-2H3. The van der Waals surface area contributed by atoms with Gasteiger partial charge in [0, 0.05) is 48.3 Å². The summed E-state index contributed by atoms with van der Waals surface area (Å²) in [5.41, 5.74) is 14.3. The summed E-state index contributed by atoms with van der Waals surface area (Å²) in [5, 5.41) is 5.07. The molecule has 0 atom stereocenters. The van der Waals surface area contributed by atoms with E-state index in [1.807, 2.05) is 11.3 Å². The minimum absolute atomic E-state index is 0.159. The first kappa shape index (κ1) is 34.3. The maximum Gasteiger partial charge on any atom is 0.0517 e. The zero-order valence-electron chi connectivity index (χ0n) is 32.4. The Hall–Kier alpha value is -6.94. The van der Waals surface area contributed by atoms with Gasteiger partial charge < -0.3 is 9.80 Å². The second-order valence-corrected chi connectivity index (χ2v) is 16.9. The van der Waals surface area contributed by atoms with E-state index in [1.165, 1.54) is 75.7 Å². The van der Waals surface area contributed by atoms with E-state index in [2.05, 4.69) is 230 Å². The predicted molar refractivity (Wildman–Crippen MR) is 249 cm³/mol. The molecule has 0 radical (unpaired) electrons. The molecule has 1 aliphatic rings. The Morgan fingerprint density at radius 1 is 0.397 bits per heavy atom. The van der Waals surface area contributed by atoms with E-state index < -0.39 is 0 Å². The Balaban J connectivity index is 1.02. The first-order valence-electron chi connectivity index (χ1n) is 20.0. The van der Waals surface area contributed by atoms with Crippen molar-refractivity contribution >= 4 is 76.4 Å². The Morgan fingerprint density at radius 3 is 1.64 bits per heavy atom. The third-order valence-corrected chi connectivity index (χ3v) is 13.2. The molecule has 0 saturated heterocycles. The molecule has 0 aliphatic carbocycles. The molecule has 276 valence electrons. The van der Waals surface area contributed by atoms with Gasteiger partial charge in [-0.2, -0.15) is 0 Å². The highest BCUT2D eigenvalue weighted by atomic mass is 32.1. The normalized spacial score (nSPS) is 13.1. The van der Waals surface area contributed by atoms with Crippen LogP contribution < -0.4 is 9.80 Å². The lowest BCUT2D eigenvalue weighted by Crippen LogP contribution is -2.30. The molecule has 0 fully saturated rings. The van der Waals surface area contributed by atoms with Gasteiger partial charge in [0.25, 0.3) is 0 Å².